The normalized spacial score (nSPS) is 11.1. The summed E-state index contributed by atoms with van der Waals surface area (Å²) in [6, 6.07) is 11.1. The molecule has 2 aromatic heterocycles. The van der Waals surface area contributed by atoms with E-state index < -0.39 is 17.6 Å². The van der Waals surface area contributed by atoms with Gasteiger partial charge in [-0.3, -0.25) is 9.78 Å². The van der Waals surface area contributed by atoms with Crippen molar-refractivity contribution in [3.05, 3.63) is 77.7 Å². The second kappa shape index (κ2) is 7.81. The molecule has 0 bridgehead atoms. The zero-order valence-corrected chi connectivity index (χ0v) is 13.9. The highest BCUT2D eigenvalue weighted by Gasteiger charge is 2.30. The number of nitrogens with zero attached hydrogens (tertiary/aromatic N) is 3. The monoisotopic (exact) mass is 373 g/mol. The zero-order valence-electron chi connectivity index (χ0n) is 13.9. The zero-order chi connectivity index (χ0) is 19.3. The molecule has 9 heteroatoms. The molecule has 0 fully saturated rings. The van der Waals surface area contributed by atoms with Crippen molar-refractivity contribution >= 4 is 17.4 Å². The average Bonchev–Trinajstić information content (AvgIpc) is 2.67. The third-order valence-electron chi connectivity index (χ3n) is 3.54. The van der Waals surface area contributed by atoms with Crippen LogP contribution in [0.2, 0.25) is 0 Å². The first-order valence-corrected chi connectivity index (χ1v) is 7.87. The van der Waals surface area contributed by atoms with Gasteiger partial charge in [-0.25, -0.2) is 0 Å². The van der Waals surface area contributed by atoms with Crippen LogP contribution in [0.3, 0.4) is 0 Å². The summed E-state index contributed by atoms with van der Waals surface area (Å²) in [5.74, 6) is -0.199. The van der Waals surface area contributed by atoms with E-state index in [1.807, 2.05) is 12.1 Å². The Kier molecular flexibility index (Phi) is 5.30. The van der Waals surface area contributed by atoms with Crippen LogP contribution in [0.1, 0.15) is 21.6 Å². The van der Waals surface area contributed by atoms with Crippen molar-refractivity contribution in [2.75, 3.05) is 10.6 Å². The quantitative estimate of drug-likeness (QED) is 0.712. The van der Waals surface area contributed by atoms with Gasteiger partial charge >= 0.3 is 6.18 Å². The topological polar surface area (TPSA) is 79.8 Å². The van der Waals surface area contributed by atoms with Gasteiger partial charge in [0, 0.05) is 24.6 Å². The van der Waals surface area contributed by atoms with E-state index in [1.54, 1.807) is 18.5 Å². The Balaban J connectivity index is 1.62. The number of amides is 1. The fourth-order valence-electron chi connectivity index (χ4n) is 2.21. The third kappa shape index (κ3) is 5.00. The maximum Gasteiger partial charge on any atom is 0.416 e. The number of benzene rings is 1. The number of aromatic nitrogens is 3. The average molecular weight is 373 g/mol. The number of hydrogen-bond acceptors (Lipinski definition) is 5. The summed E-state index contributed by atoms with van der Waals surface area (Å²) < 4.78 is 38.2. The number of halogens is 3. The van der Waals surface area contributed by atoms with Gasteiger partial charge in [-0.2, -0.15) is 13.2 Å². The second-order valence-electron chi connectivity index (χ2n) is 5.55. The SMILES string of the molecule is O=C(Nc1cccc(C(F)(F)F)c1)c1ccc(NCc2cccnc2)nn1. The maximum absolute atomic E-state index is 12.7. The third-order valence-corrected chi connectivity index (χ3v) is 3.54. The van der Waals surface area contributed by atoms with Crippen LogP contribution in [0, 0.1) is 0 Å². The van der Waals surface area contributed by atoms with Gasteiger partial charge in [0.15, 0.2) is 5.69 Å². The molecule has 0 aliphatic heterocycles. The Hall–Kier alpha value is -3.49. The summed E-state index contributed by atoms with van der Waals surface area (Å²) in [5, 5.41) is 13.1. The van der Waals surface area contributed by atoms with Gasteiger partial charge in [-0.05, 0) is 42.0 Å². The van der Waals surface area contributed by atoms with E-state index in [0.717, 1.165) is 17.7 Å². The molecular weight excluding hydrogens is 359 g/mol. The van der Waals surface area contributed by atoms with Crippen LogP contribution in [0.15, 0.2) is 60.9 Å². The minimum Gasteiger partial charge on any atom is -0.364 e. The lowest BCUT2D eigenvalue weighted by Crippen LogP contribution is -2.15. The van der Waals surface area contributed by atoms with Gasteiger partial charge in [0.05, 0.1) is 5.56 Å². The Morgan fingerprint density at radius 2 is 1.89 bits per heavy atom. The standard InChI is InChI=1S/C18H14F3N5O/c19-18(20,21)13-4-1-5-14(9-13)24-17(27)15-6-7-16(26-25-15)23-11-12-3-2-8-22-10-12/h1-10H,11H2,(H,23,26)(H,24,27). The maximum atomic E-state index is 12.7. The summed E-state index contributed by atoms with van der Waals surface area (Å²) in [6.45, 7) is 0.484. The van der Waals surface area contributed by atoms with Gasteiger partial charge in [-0.15, -0.1) is 10.2 Å². The highest BCUT2D eigenvalue weighted by molar-refractivity contribution is 6.02. The van der Waals surface area contributed by atoms with E-state index in [9.17, 15) is 18.0 Å². The van der Waals surface area contributed by atoms with Crippen molar-refractivity contribution in [2.24, 2.45) is 0 Å². The summed E-state index contributed by atoms with van der Waals surface area (Å²) in [6.07, 6.45) is -1.11. The largest absolute Gasteiger partial charge is 0.416 e. The molecule has 3 aromatic rings. The molecule has 27 heavy (non-hydrogen) atoms. The van der Waals surface area contributed by atoms with Crippen molar-refractivity contribution < 1.29 is 18.0 Å². The van der Waals surface area contributed by atoms with Crippen LogP contribution in [0.4, 0.5) is 24.7 Å². The predicted octanol–water partition coefficient (Wildman–Crippen LogP) is 3.75. The van der Waals surface area contributed by atoms with Crippen LogP contribution in [-0.4, -0.2) is 21.1 Å². The number of hydrogen-bond donors (Lipinski definition) is 2. The molecule has 0 aliphatic carbocycles. The number of rotatable bonds is 5. The van der Waals surface area contributed by atoms with Crippen molar-refractivity contribution in [3.8, 4) is 0 Å². The van der Waals surface area contributed by atoms with Gasteiger partial charge in [0.2, 0.25) is 0 Å². The lowest BCUT2D eigenvalue weighted by Gasteiger charge is -2.10. The molecule has 1 aromatic carbocycles. The van der Waals surface area contributed by atoms with Gasteiger partial charge in [-0.1, -0.05) is 12.1 Å². The van der Waals surface area contributed by atoms with Crippen LogP contribution in [0.5, 0.6) is 0 Å². The predicted molar refractivity (Wildman–Crippen MR) is 93.0 cm³/mol. The van der Waals surface area contributed by atoms with Crippen molar-refractivity contribution in [2.45, 2.75) is 12.7 Å². The van der Waals surface area contributed by atoms with Crippen LogP contribution in [-0.2, 0) is 12.7 Å². The molecule has 0 atom stereocenters. The Morgan fingerprint density at radius 3 is 2.56 bits per heavy atom. The molecule has 0 saturated carbocycles. The molecular formula is C18H14F3N5O. The lowest BCUT2D eigenvalue weighted by atomic mass is 10.2. The number of carbonyl (C=O) groups is 1. The molecule has 1 amide bonds. The fraction of sp³-hybridized carbons (Fsp3) is 0.111. The minimum absolute atomic E-state index is 0.0145. The van der Waals surface area contributed by atoms with E-state index >= 15 is 0 Å². The van der Waals surface area contributed by atoms with Crippen molar-refractivity contribution in [1.29, 1.82) is 0 Å². The van der Waals surface area contributed by atoms with Crippen molar-refractivity contribution in [3.63, 3.8) is 0 Å². The molecule has 0 radical (unpaired) electrons. The summed E-state index contributed by atoms with van der Waals surface area (Å²) in [7, 11) is 0. The van der Waals surface area contributed by atoms with Crippen LogP contribution in [0.25, 0.3) is 0 Å². The number of carbonyl (C=O) groups excluding carboxylic acids is 1. The van der Waals surface area contributed by atoms with Gasteiger partial charge in [0.1, 0.15) is 5.82 Å². The smallest absolute Gasteiger partial charge is 0.364 e. The summed E-state index contributed by atoms with van der Waals surface area (Å²) in [5.41, 5.74) is 0.113. The fourth-order valence-corrected chi connectivity index (χ4v) is 2.21. The highest BCUT2D eigenvalue weighted by atomic mass is 19.4. The van der Waals surface area contributed by atoms with Gasteiger partial charge in [0.25, 0.3) is 5.91 Å². The van der Waals surface area contributed by atoms with Gasteiger partial charge < -0.3 is 10.6 Å². The lowest BCUT2D eigenvalue weighted by molar-refractivity contribution is -0.137. The van der Waals surface area contributed by atoms with E-state index in [4.69, 9.17) is 0 Å². The van der Waals surface area contributed by atoms with Crippen LogP contribution >= 0.6 is 0 Å². The molecule has 138 valence electrons. The van der Waals surface area contributed by atoms with Crippen molar-refractivity contribution in [1.82, 2.24) is 15.2 Å². The van der Waals surface area contributed by atoms with E-state index in [1.165, 1.54) is 18.2 Å². The summed E-state index contributed by atoms with van der Waals surface area (Å²) in [4.78, 5) is 16.1. The Morgan fingerprint density at radius 1 is 1.04 bits per heavy atom. The Bertz CT molecular complexity index is 914. The van der Waals surface area contributed by atoms with E-state index in [-0.39, 0.29) is 11.4 Å². The first-order chi connectivity index (χ1) is 12.9. The number of alkyl halides is 3. The molecule has 2 N–H and O–H groups in total. The molecule has 0 aliphatic rings. The first kappa shape index (κ1) is 18.3. The molecule has 0 spiro atoms. The molecule has 2 heterocycles. The number of pyridine rings is 1. The molecule has 6 nitrogen and oxygen atoms in total. The second-order valence-corrected chi connectivity index (χ2v) is 5.55. The van der Waals surface area contributed by atoms with E-state index in [0.29, 0.717) is 12.4 Å². The van der Waals surface area contributed by atoms with E-state index in [2.05, 4.69) is 25.8 Å². The first-order valence-electron chi connectivity index (χ1n) is 7.87. The Labute approximate surface area is 152 Å². The minimum atomic E-state index is -4.48. The number of anilines is 2. The molecule has 0 unspecified atom stereocenters. The number of nitrogens with one attached hydrogen (secondary N) is 2. The van der Waals surface area contributed by atoms with Crippen LogP contribution < -0.4 is 10.6 Å². The highest BCUT2D eigenvalue weighted by Crippen LogP contribution is 2.30. The molecule has 0 saturated heterocycles. The summed E-state index contributed by atoms with van der Waals surface area (Å²) >= 11 is 0. The molecule has 3 rings (SSSR count).